The van der Waals surface area contributed by atoms with Gasteiger partial charge < -0.3 is 37.5 Å². The highest BCUT2D eigenvalue weighted by Crippen LogP contribution is 2.49. The number of fused-ring (bicyclic) bond motifs is 3. The molecule has 0 amide bonds. The highest BCUT2D eigenvalue weighted by atomic mass is 31.2. The zero-order valence-corrected chi connectivity index (χ0v) is 25.8. The van der Waals surface area contributed by atoms with Crippen LogP contribution in [0, 0.1) is 0 Å². The van der Waals surface area contributed by atoms with Crippen LogP contribution < -0.4 is 4.74 Å². The topological polar surface area (TPSA) is 90.9 Å². The third kappa shape index (κ3) is 7.23. The van der Waals surface area contributed by atoms with Crippen LogP contribution in [0.3, 0.4) is 0 Å². The molecule has 0 saturated carbocycles. The van der Waals surface area contributed by atoms with E-state index in [0.29, 0.717) is 38.2 Å². The molecule has 5 rings (SSSR count). The number of rotatable bonds is 11. The zero-order valence-electron chi connectivity index (χ0n) is 24.9. The number of hydrogen-bond donors (Lipinski definition) is 0. The molecule has 226 valence electrons. The predicted octanol–water partition coefficient (Wildman–Crippen LogP) is 6.33. The van der Waals surface area contributed by atoms with Crippen LogP contribution in [0.15, 0.2) is 48.5 Å². The van der Waals surface area contributed by atoms with E-state index < -0.39 is 31.6 Å². The van der Waals surface area contributed by atoms with Crippen molar-refractivity contribution in [2.45, 2.75) is 96.7 Å². The van der Waals surface area contributed by atoms with E-state index >= 15 is 0 Å². The molecule has 0 spiro atoms. The van der Waals surface area contributed by atoms with Crippen LogP contribution in [0.5, 0.6) is 5.75 Å². The summed E-state index contributed by atoms with van der Waals surface area (Å²) in [5.41, 5.74) is 3.07. The van der Waals surface area contributed by atoms with Crippen molar-refractivity contribution in [2.24, 2.45) is 0 Å². The van der Waals surface area contributed by atoms with Crippen molar-refractivity contribution in [3.8, 4) is 16.9 Å². The summed E-state index contributed by atoms with van der Waals surface area (Å²) >= 11 is 0. The summed E-state index contributed by atoms with van der Waals surface area (Å²) < 4.78 is 61.4. The molecule has 2 aromatic rings. The molecular weight excluding hydrogens is 547 g/mol. The fraction of sp³-hybridized carbons (Fsp3) is 0.613. The van der Waals surface area contributed by atoms with Crippen LogP contribution in [0.25, 0.3) is 11.1 Å². The van der Waals surface area contributed by atoms with Crippen LogP contribution in [0.2, 0.25) is 0 Å². The Labute approximate surface area is 243 Å². The molecule has 3 saturated heterocycles. The first kappa shape index (κ1) is 30.6. The van der Waals surface area contributed by atoms with Gasteiger partial charge in [0.25, 0.3) is 0 Å². The minimum absolute atomic E-state index is 0.335. The van der Waals surface area contributed by atoms with Crippen molar-refractivity contribution in [1.82, 2.24) is 0 Å². The van der Waals surface area contributed by atoms with Gasteiger partial charge in [0.1, 0.15) is 24.1 Å². The Bertz CT molecular complexity index is 1220. The molecule has 3 fully saturated rings. The fourth-order valence-electron chi connectivity index (χ4n) is 5.70. The van der Waals surface area contributed by atoms with Gasteiger partial charge in [-0.25, -0.2) is 0 Å². The summed E-state index contributed by atoms with van der Waals surface area (Å²) in [4.78, 5) is 0. The summed E-state index contributed by atoms with van der Waals surface area (Å²) in [6.45, 7) is 12.3. The predicted molar refractivity (Wildman–Crippen MR) is 154 cm³/mol. The van der Waals surface area contributed by atoms with Gasteiger partial charge >= 0.3 is 7.60 Å². The lowest BCUT2D eigenvalue weighted by molar-refractivity contribution is -0.362. The Hall–Kier alpha value is -1.81. The quantitative estimate of drug-likeness (QED) is 0.279. The standard InChI is InChI=1S/C31H43O9P/c1-7-34-41(32,35-8-2)18-12-14-21-13-11-15-22(19-21)23-16-9-10-17-24(23)36-29-28-27(39-31(5,6)40-28)26-25(37-29)20-33-30(3,4)38-26/h9-11,13,15-17,19,25-29H,7-8,12,14,18,20H2,1-6H3/t25-,26-,27+,28+,29+/m1/s1. The summed E-state index contributed by atoms with van der Waals surface area (Å²) in [5, 5.41) is 0. The van der Waals surface area contributed by atoms with Crippen molar-refractivity contribution in [3.05, 3.63) is 54.1 Å². The molecule has 0 aromatic heterocycles. The highest BCUT2D eigenvalue weighted by Gasteiger charge is 2.59. The maximum Gasteiger partial charge on any atom is 0.330 e. The van der Waals surface area contributed by atoms with E-state index in [1.54, 1.807) is 0 Å². The van der Waals surface area contributed by atoms with Gasteiger partial charge in [-0.15, -0.1) is 0 Å². The van der Waals surface area contributed by atoms with Gasteiger partial charge in [0.05, 0.1) is 26.0 Å². The lowest BCUT2D eigenvalue weighted by atomic mass is 9.97. The summed E-state index contributed by atoms with van der Waals surface area (Å²) in [7, 11) is -3.06. The van der Waals surface area contributed by atoms with E-state index in [0.717, 1.165) is 23.1 Å². The van der Waals surface area contributed by atoms with E-state index in [1.807, 2.05) is 71.9 Å². The highest BCUT2D eigenvalue weighted by molar-refractivity contribution is 7.53. The Kier molecular flexibility index (Phi) is 9.29. The van der Waals surface area contributed by atoms with Crippen LogP contribution in [-0.2, 0) is 43.7 Å². The van der Waals surface area contributed by atoms with E-state index in [2.05, 4.69) is 18.2 Å². The Balaban J connectivity index is 1.32. The molecular formula is C31H43O9P. The van der Waals surface area contributed by atoms with Crippen LogP contribution >= 0.6 is 7.60 Å². The Morgan fingerprint density at radius 3 is 2.34 bits per heavy atom. The SMILES string of the molecule is CCOP(=O)(CCCc1cccc(-c2ccccc2O[C@H]2O[C@@H]3COC(C)(C)O[C@H]3[C@@H]3OC(C)(C)O[C@H]23)c1)OCC. The molecule has 5 atom stereocenters. The maximum absolute atomic E-state index is 12.9. The summed E-state index contributed by atoms with van der Waals surface area (Å²) in [5.74, 6) is -0.863. The molecule has 3 heterocycles. The van der Waals surface area contributed by atoms with E-state index in [4.69, 9.17) is 37.5 Å². The molecule has 0 N–H and O–H groups in total. The summed E-state index contributed by atoms with van der Waals surface area (Å²) in [6, 6.07) is 16.2. The molecule has 9 nitrogen and oxygen atoms in total. The Morgan fingerprint density at radius 1 is 0.878 bits per heavy atom. The molecule has 0 aliphatic carbocycles. The number of hydrogen-bond acceptors (Lipinski definition) is 9. The van der Waals surface area contributed by atoms with Crippen LogP contribution in [-0.4, -0.2) is 68.3 Å². The number of aryl methyl sites for hydroxylation is 1. The average molecular weight is 591 g/mol. The van der Waals surface area contributed by atoms with Crippen molar-refractivity contribution in [2.75, 3.05) is 26.0 Å². The van der Waals surface area contributed by atoms with E-state index in [-0.39, 0.29) is 18.3 Å². The van der Waals surface area contributed by atoms with Gasteiger partial charge in [-0.2, -0.15) is 0 Å². The van der Waals surface area contributed by atoms with Gasteiger partial charge in [0, 0.05) is 5.56 Å². The molecule has 0 bridgehead atoms. The first-order valence-corrected chi connectivity index (χ1v) is 16.3. The summed E-state index contributed by atoms with van der Waals surface area (Å²) in [6.07, 6.45) is -0.435. The van der Waals surface area contributed by atoms with Crippen LogP contribution in [0.1, 0.15) is 53.5 Å². The second kappa shape index (κ2) is 12.4. The lowest BCUT2D eigenvalue weighted by Gasteiger charge is -2.48. The van der Waals surface area contributed by atoms with E-state index in [1.165, 1.54) is 0 Å². The van der Waals surface area contributed by atoms with Crippen molar-refractivity contribution < 1.29 is 42.0 Å². The first-order chi connectivity index (χ1) is 19.5. The van der Waals surface area contributed by atoms with Gasteiger partial charge in [-0.05, 0) is 71.6 Å². The number of benzene rings is 2. The third-order valence-electron chi connectivity index (χ3n) is 7.36. The molecule has 0 radical (unpaired) electrons. The maximum atomic E-state index is 12.9. The average Bonchev–Trinajstić information content (AvgIpc) is 3.25. The second-order valence-electron chi connectivity index (χ2n) is 11.5. The first-order valence-electron chi connectivity index (χ1n) is 14.6. The van der Waals surface area contributed by atoms with Gasteiger partial charge in [0.15, 0.2) is 17.7 Å². The van der Waals surface area contributed by atoms with Crippen molar-refractivity contribution in [1.29, 1.82) is 0 Å². The lowest BCUT2D eigenvalue weighted by Crippen LogP contribution is -2.64. The van der Waals surface area contributed by atoms with Crippen molar-refractivity contribution >= 4 is 7.60 Å². The molecule has 10 heteroatoms. The zero-order chi connectivity index (χ0) is 29.3. The third-order valence-corrected chi connectivity index (χ3v) is 9.53. The van der Waals surface area contributed by atoms with Crippen LogP contribution in [0.4, 0.5) is 0 Å². The second-order valence-corrected chi connectivity index (χ2v) is 13.7. The minimum Gasteiger partial charge on any atom is -0.461 e. The normalized spacial score (nSPS) is 28.6. The number of ether oxygens (including phenoxy) is 6. The van der Waals surface area contributed by atoms with Gasteiger partial charge in [0.2, 0.25) is 6.29 Å². The molecule has 0 unspecified atom stereocenters. The van der Waals surface area contributed by atoms with Crippen molar-refractivity contribution in [3.63, 3.8) is 0 Å². The Morgan fingerprint density at radius 2 is 1.59 bits per heavy atom. The van der Waals surface area contributed by atoms with E-state index in [9.17, 15) is 4.57 Å². The van der Waals surface area contributed by atoms with Gasteiger partial charge in [-0.3, -0.25) is 4.57 Å². The monoisotopic (exact) mass is 590 g/mol. The smallest absolute Gasteiger partial charge is 0.330 e. The fourth-order valence-corrected chi connectivity index (χ4v) is 7.37. The van der Waals surface area contributed by atoms with Gasteiger partial charge in [-0.1, -0.05) is 42.5 Å². The largest absolute Gasteiger partial charge is 0.461 e. The number of para-hydroxylation sites is 1. The molecule has 3 aliphatic heterocycles. The molecule has 41 heavy (non-hydrogen) atoms. The molecule has 2 aromatic carbocycles. The minimum atomic E-state index is -3.06. The molecule has 3 aliphatic rings.